The molecule has 3 heterocycles. The van der Waals surface area contributed by atoms with Crippen molar-refractivity contribution >= 4 is 34.8 Å². The quantitative estimate of drug-likeness (QED) is 0.473. The summed E-state index contributed by atoms with van der Waals surface area (Å²) in [5, 5.41) is -1.19. The van der Waals surface area contributed by atoms with Gasteiger partial charge in [-0.3, -0.25) is 0 Å². The lowest BCUT2D eigenvalue weighted by atomic mass is 10.2. The van der Waals surface area contributed by atoms with Gasteiger partial charge in [0.1, 0.15) is 5.56 Å². The first kappa shape index (κ1) is 35.3. The van der Waals surface area contributed by atoms with Crippen LogP contribution >= 0.6 is 23.2 Å². The molecule has 0 radical (unpaired) electrons. The number of halogens is 5. The van der Waals surface area contributed by atoms with Gasteiger partial charge in [-0.25, -0.2) is 4.98 Å². The minimum absolute atomic E-state index is 0.0769. The summed E-state index contributed by atoms with van der Waals surface area (Å²) in [5.74, 6) is -0.154. The fourth-order valence-corrected chi connectivity index (χ4v) is 4.83. The minimum Gasteiger partial charge on any atom is -0.377 e. The van der Waals surface area contributed by atoms with Gasteiger partial charge >= 0.3 is 6.18 Å². The van der Waals surface area contributed by atoms with Crippen LogP contribution in [0.4, 0.5) is 24.8 Å². The Balaban J connectivity index is 1.89. The molecule has 0 atom stereocenters. The first-order valence-electron chi connectivity index (χ1n) is 14.0. The summed E-state index contributed by atoms with van der Waals surface area (Å²) in [6, 6.07) is 0. The molecule has 1 aromatic heterocycles. The second-order valence-electron chi connectivity index (χ2n) is 9.13. The van der Waals surface area contributed by atoms with E-state index in [1.54, 1.807) is 9.80 Å². The van der Waals surface area contributed by atoms with Crippen LogP contribution in [-0.2, 0) is 44.1 Å². The van der Waals surface area contributed by atoms with E-state index in [-0.39, 0.29) is 64.2 Å². The summed E-state index contributed by atoms with van der Waals surface area (Å²) in [6.45, 7) is 6.04. The molecule has 0 amide bonds. The van der Waals surface area contributed by atoms with Gasteiger partial charge in [0.2, 0.25) is 0 Å². The Hall–Kier alpha value is -1.20. The lowest BCUT2D eigenvalue weighted by Gasteiger charge is -2.30. The molecular weight excluding hydrogens is 610 g/mol. The molecule has 2 saturated heterocycles. The second kappa shape index (κ2) is 20.0. The van der Waals surface area contributed by atoms with Crippen molar-refractivity contribution in [2.45, 2.75) is 6.18 Å². The third-order valence-corrected chi connectivity index (χ3v) is 6.90. The molecule has 42 heavy (non-hydrogen) atoms. The third-order valence-electron chi connectivity index (χ3n) is 6.18. The maximum atomic E-state index is 14.4. The molecular formula is C26H40Cl2F3N3O8. The van der Waals surface area contributed by atoms with Crippen molar-refractivity contribution in [1.82, 2.24) is 4.98 Å². The first-order chi connectivity index (χ1) is 20.4. The molecule has 2 fully saturated rings. The molecule has 1 aromatic rings. The molecule has 2 aliphatic heterocycles. The van der Waals surface area contributed by atoms with E-state index in [0.717, 1.165) is 0 Å². The minimum atomic E-state index is -4.84. The van der Waals surface area contributed by atoms with E-state index in [4.69, 9.17) is 61.1 Å². The maximum Gasteiger partial charge on any atom is 0.419 e. The van der Waals surface area contributed by atoms with Crippen molar-refractivity contribution in [3.63, 3.8) is 0 Å². The number of anilines is 2. The standard InChI is InChI=1S/C26H40Cl2F3N3O8/c27-22-21(26(29,30)31)23(28)25(34-3-7-37-11-15-41-19-20-42-16-12-38-8-4-34)32-24(22)33-1-5-35-9-13-39-17-18-40-14-10-36-6-2-33/h1-20H2. The van der Waals surface area contributed by atoms with Crippen LogP contribution in [0.15, 0.2) is 0 Å². The summed E-state index contributed by atoms with van der Waals surface area (Å²) in [4.78, 5) is 7.80. The number of ether oxygens (including phenoxy) is 8. The molecule has 0 bridgehead atoms. The highest BCUT2D eigenvalue weighted by Crippen LogP contribution is 2.46. The zero-order valence-corrected chi connectivity index (χ0v) is 25.2. The summed E-state index contributed by atoms with van der Waals surface area (Å²) in [7, 11) is 0. The molecule has 3 rings (SSSR count). The number of nitrogens with zero attached hydrogens (tertiary/aromatic N) is 3. The normalized spacial score (nSPS) is 21.5. The molecule has 0 spiro atoms. The van der Waals surface area contributed by atoms with Crippen LogP contribution in [-0.4, -0.2) is 137 Å². The predicted molar refractivity (Wildman–Crippen MR) is 150 cm³/mol. The van der Waals surface area contributed by atoms with Gasteiger partial charge in [-0.05, 0) is 0 Å². The van der Waals surface area contributed by atoms with E-state index in [0.29, 0.717) is 79.3 Å². The fraction of sp³-hybridized carbons (Fsp3) is 0.808. The van der Waals surface area contributed by atoms with Gasteiger partial charge in [-0.2, -0.15) is 13.2 Å². The molecule has 0 saturated carbocycles. The number of rotatable bonds is 2. The summed E-state index contributed by atoms with van der Waals surface area (Å²) in [6.07, 6.45) is -4.84. The second-order valence-corrected chi connectivity index (χ2v) is 9.89. The third kappa shape index (κ3) is 12.4. The van der Waals surface area contributed by atoms with Crippen molar-refractivity contribution in [2.24, 2.45) is 0 Å². The van der Waals surface area contributed by atoms with Crippen LogP contribution in [0.2, 0.25) is 10.0 Å². The number of pyridine rings is 1. The number of hydrogen-bond acceptors (Lipinski definition) is 11. The molecule has 0 N–H and O–H groups in total. The van der Waals surface area contributed by atoms with Crippen LogP contribution in [0.3, 0.4) is 0 Å². The van der Waals surface area contributed by atoms with Gasteiger partial charge in [0, 0.05) is 26.2 Å². The Labute approximate surface area is 254 Å². The molecule has 16 heteroatoms. The van der Waals surface area contributed by atoms with Crippen LogP contribution in [0.5, 0.6) is 0 Å². The summed E-state index contributed by atoms with van der Waals surface area (Å²) < 4.78 is 87.5. The number of hydrogen-bond donors (Lipinski definition) is 0. The van der Waals surface area contributed by atoms with E-state index in [2.05, 4.69) is 4.98 Å². The average Bonchev–Trinajstić information content (AvgIpc) is 2.96. The van der Waals surface area contributed by atoms with Crippen LogP contribution < -0.4 is 9.80 Å². The molecule has 0 aromatic carbocycles. The van der Waals surface area contributed by atoms with Crippen LogP contribution in [0.1, 0.15) is 5.56 Å². The maximum absolute atomic E-state index is 14.4. The van der Waals surface area contributed by atoms with Gasteiger partial charge in [0.15, 0.2) is 11.6 Å². The van der Waals surface area contributed by atoms with E-state index in [1.165, 1.54) is 0 Å². The molecule has 2 aliphatic rings. The smallest absolute Gasteiger partial charge is 0.377 e. The van der Waals surface area contributed by atoms with Gasteiger partial charge in [-0.15, -0.1) is 0 Å². The Kier molecular flexibility index (Phi) is 16.8. The molecule has 0 unspecified atom stereocenters. The van der Waals surface area contributed by atoms with E-state index >= 15 is 0 Å². The fourth-order valence-electron chi connectivity index (χ4n) is 4.06. The van der Waals surface area contributed by atoms with Crippen molar-refractivity contribution in [3.8, 4) is 0 Å². The first-order valence-corrected chi connectivity index (χ1v) is 14.7. The van der Waals surface area contributed by atoms with Crippen molar-refractivity contribution in [3.05, 3.63) is 15.6 Å². The molecule has 11 nitrogen and oxygen atoms in total. The van der Waals surface area contributed by atoms with E-state index in [1.807, 2.05) is 0 Å². The predicted octanol–water partition coefficient (Wildman–Crippen LogP) is 3.18. The SMILES string of the molecule is FC(F)(F)c1c(Cl)c(N2CCOCCOCCOCCOCC2)nc(N2CCOCCOCCOCCOCC2)c1Cl. The topological polar surface area (TPSA) is 93.2 Å². The zero-order valence-electron chi connectivity index (χ0n) is 23.6. The van der Waals surface area contributed by atoms with Gasteiger partial charge in [0.25, 0.3) is 0 Å². The van der Waals surface area contributed by atoms with E-state index < -0.39 is 21.8 Å². The number of alkyl halides is 3. The highest BCUT2D eigenvalue weighted by atomic mass is 35.5. The Morgan fingerprint density at radius 3 is 0.929 bits per heavy atom. The van der Waals surface area contributed by atoms with Gasteiger partial charge in [-0.1, -0.05) is 23.2 Å². The van der Waals surface area contributed by atoms with Gasteiger partial charge < -0.3 is 47.7 Å². The highest BCUT2D eigenvalue weighted by Gasteiger charge is 2.40. The Morgan fingerprint density at radius 1 is 0.452 bits per heavy atom. The van der Waals surface area contributed by atoms with Gasteiger partial charge in [0.05, 0.1) is 116 Å². The number of aromatic nitrogens is 1. The lowest BCUT2D eigenvalue weighted by molar-refractivity contribution is -0.137. The Morgan fingerprint density at radius 2 is 0.690 bits per heavy atom. The van der Waals surface area contributed by atoms with Crippen LogP contribution in [0.25, 0.3) is 0 Å². The largest absolute Gasteiger partial charge is 0.419 e. The van der Waals surface area contributed by atoms with E-state index in [9.17, 15) is 13.2 Å². The van der Waals surface area contributed by atoms with Crippen molar-refractivity contribution in [1.29, 1.82) is 0 Å². The van der Waals surface area contributed by atoms with Crippen molar-refractivity contribution < 1.29 is 51.1 Å². The average molecular weight is 651 g/mol. The summed E-state index contributed by atoms with van der Waals surface area (Å²) >= 11 is 12.8. The van der Waals surface area contributed by atoms with Crippen molar-refractivity contribution in [2.75, 3.05) is 142 Å². The molecule has 0 aliphatic carbocycles. The van der Waals surface area contributed by atoms with Crippen LogP contribution in [0, 0.1) is 0 Å². The monoisotopic (exact) mass is 649 g/mol. The Bertz CT molecular complexity index is 815. The summed E-state index contributed by atoms with van der Waals surface area (Å²) in [5.41, 5.74) is -1.16. The highest BCUT2D eigenvalue weighted by molar-refractivity contribution is 6.39. The lowest BCUT2D eigenvalue weighted by Crippen LogP contribution is -2.36. The zero-order chi connectivity index (χ0) is 30.0. The molecule has 242 valence electrons.